The minimum absolute atomic E-state index is 0.808. The van der Waals surface area contributed by atoms with Gasteiger partial charge in [0, 0.05) is 6.26 Å². The summed E-state index contributed by atoms with van der Waals surface area (Å²) in [4.78, 5) is 10.2. The highest BCUT2D eigenvalue weighted by atomic mass is 32.2. The van der Waals surface area contributed by atoms with E-state index in [-0.39, 0.29) is 0 Å². The molecule has 0 fully saturated rings. The monoisotopic (exact) mass is 151 g/mol. The average Bonchev–Trinajstić information content (AvgIpc) is 1.62. The van der Waals surface area contributed by atoms with Gasteiger partial charge in [0.1, 0.15) is 5.25 Å². The van der Waals surface area contributed by atoms with Gasteiger partial charge in [0.2, 0.25) is 5.91 Å². The third kappa shape index (κ3) is 2.46. The molecule has 1 atom stereocenters. The molecule has 0 saturated carbocycles. The van der Waals surface area contributed by atoms with Crippen LogP contribution in [0.1, 0.15) is 6.92 Å². The van der Waals surface area contributed by atoms with E-state index < -0.39 is 21.0 Å². The summed E-state index contributed by atoms with van der Waals surface area (Å²) in [7, 11) is -3.28. The fourth-order valence-electron chi connectivity index (χ4n) is 0.211. The van der Waals surface area contributed by atoms with Gasteiger partial charge in [-0.15, -0.1) is 0 Å². The second-order valence-corrected chi connectivity index (χ2v) is 4.24. The smallest absolute Gasteiger partial charge is 0.235 e. The van der Waals surface area contributed by atoms with Crippen LogP contribution >= 0.6 is 0 Å². The lowest BCUT2D eigenvalue weighted by Crippen LogP contribution is -2.32. The molecule has 0 saturated heterocycles. The molecule has 0 aromatic carbocycles. The minimum Gasteiger partial charge on any atom is -0.369 e. The molecule has 4 nitrogen and oxygen atoms in total. The molecule has 5 heteroatoms. The highest BCUT2D eigenvalue weighted by Crippen LogP contribution is 1.94. The van der Waals surface area contributed by atoms with Crippen molar-refractivity contribution in [3.63, 3.8) is 0 Å². The van der Waals surface area contributed by atoms with Gasteiger partial charge in [-0.1, -0.05) is 0 Å². The molecule has 54 valence electrons. The van der Waals surface area contributed by atoms with Gasteiger partial charge in [-0.25, -0.2) is 8.42 Å². The number of sulfone groups is 1. The summed E-state index contributed by atoms with van der Waals surface area (Å²) in [5, 5.41) is -1.07. The quantitative estimate of drug-likeness (QED) is 0.544. The maximum Gasteiger partial charge on any atom is 0.235 e. The van der Waals surface area contributed by atoms with E-state index in [1.165, 1.54) is 6.92 Å². The molecule has 0 spiro atoms. The van der Waals surface area contributed by atoms with Crippen LogP contribution in [0, 0.1) is 0 Å². The van der Waals surface area contributed by atoms with E-state index in [0.29, 0.717) is 0 Å². The second kappa shape index (κ2) is 2.34. The van der Waals surface area contributed by atoms with Crippen molar-refractivity contribution in [3.05, 3.63) is 0 Å². The molecule has 0 bridgehead atoms. The number of nitrogens with two attached hydrogens (primary N) is 1. The predicted molar refractivity (Wildman–Crippen MR) is 33.5 cm³/mol. The number of rotatable bonds is 2. The zero-order chi connectivity index (χ0) is 7.65. The van der Waals surface area contributed by atoms with Gasteiger partial charge in [0.15, 0.2) is 9.84 Å². The lowest BCUT2D eigenvalue weighted by atomic mass is 10.5. The molecule has 9 heavy (non-hydrogen) atoms. The van der Waals surface area contributed by atoms with Gasteiger partial charge in [0.05, 0.1) is 0 Å². The first-order valence-corrected chi connectivity index (χ1v) is 4.29. The van der Waals surface area contributed by atoms with Crippen molar-refractivity contribution in [3.8, 4) is 0 Å². The molecule has 0 aliphatic rings. The SMILES string of the molecule is C[C@H](C(N)=O)S(C)(=O)=O. The molecule has 0 aliphatic carbocycles. The Morgan fingerprint density at radius 1 is 1.56 bits per heavy atom. The summed E-state index contributed by atoms with van der Waals surface area (Å²) in [6.45, 7) is 1.26. The predicted octanol–water partition coefficient (Wildman–Crippen LogP) is -1.10. The number of carbonyl (C=O) groups excluding carboxylic acids is 1. The lowest BCUT2D eigenvalue weighted by molar-refractivity contribution is -0.117. The standard InChI is InChI=1S/C4H9NO3S/c1-3(4(5)6)9(2,7)8/h3H,1-2H3,(H2,5,6)/t3-/m1/s1. The Kier molecular flexibility index (Phi) is 2.19. The molecule has 0 unspecified atom stereocenters. The Morgan fingerprint density at radius 2 is 1.89 bits per heavy atom. The van der Waals surface area contributed by atoms with E-state index in [4.69, 9.17) is 5.73 Å². The van der Waals surface area contributed by atoms with Crippen molar-refractivity contribution in [2.75, 3.05) is 6.26 Å². The zero-order valence-corrected chi connectivity index (χ0v) is 6.10. The highest BCUT2D eigenvalue weighted by Gasteiger charge is 2.19. The fraction of sp³-hybridized carbons (Fsp3) is 0.750. The molecule has 0 aromatic heterocycles. The minimum atomic E-state index is -3.28. The molecule has 0 aliphatic heterocycles. The Bertz CT molecular complexity index is 206. The molecular formula is C4H9NO3S. The Morgan fingerprint density at radius 3 is 1.89 bits per heavy atom. The van der Waals surface area contributed by atoms with Crippen molar-refractivity contribution < 1.29 is 13.2 Å². The molecule has 0 aromatic rings. The van der Waals surface area contributed by atoms with Crippen molar-refractivity contribution in [1.29, 1.82) is 0 Å². The highest BCUT2D eigenvalue weighted by molar-refractivity contribution is 7.92. The average molecular weight is 151 g/mol. The first-order valence-electron chi connectivity index (χ1n) is 2.34. The summed E-state index contributed by atoms with van der Waals surface area (Å²) in [6, 6.07) is 0. The first-order chi connectivity index (χ1) is 3.85. The van der Waals surface area contributed by atoms with E-state index in [1.54, 1.807) is 0 Å². The van der Waals surface area contributed by atoms with Crippen LogP contribution in [0.15, 0.2) is 0 Å². The van der Waals surface area contributed by atoms with Crippen LogP contribution in [0.25, 0.3) is 0 Å². The maximum absolute atomic E-state index is 10.5. The molecule has 0 heterocycles. The van der Waals surface area contributed by atoms with Gasteiger partial charge < -0.3 is 5.73 Å². The van der Waals surface area contributed by atoms with Gasteiger partial charge in [-0.3, -0.25) is 4.79 Å². The largest absolute Gasteiger partial charge is 0.369 e. The Hall–Kier alpha value is -0.580. The topological polar surface area (TPSA) is 77.2 Å². The van der Waals surface area contributed by atoms with Crippen LogP contribution in [0.3, 0.4) is 0 Å². The second-order valence-electron chi connectivity index (χ2n) is 1.87. The zero-order valence-electron chi connectivity index (χ0n) is 5.29. The van der Waals surface area contributed by atoms with Crippen molar-refractivity contribution in [2.24, 2.45) is 5.73 Å². The first kappa shape index (κ1) is 8.42. The summed E-state index contributed by atoms with van der Waals surface area (Å²) in [6.07, 6.45) is 0.975. The number of primary amides is 1. The van der Waals surface area contributed by atoms with Crippen molar-refractivity contribution in [2.45, 2.75) is 12.2 Å². The Labute approximate surface area is 54.0 Å². The third-order valence-electron chi connectivity index (χ3n) is 1.04. The maximum atomic E-state index is 10.5. The van der Waals surface area contributed by atoms with E-state index in [1.807, 2.05) is 0 Å². The Balaban J connectivity index is 4.43. The van der Waals surface area contributed by atoms with E-state index in [2.05, 4.69) is 0 Å². The summed E-state index contributed by atoms with van der Waals surface area (Å²) in [5.41, 5.74) is 4.70. The third-order valence-corrected chi connectivity index (χ3v) is 2.56. The van der Waals surface area contributed by atoms with Crippen LogP contribution in [0.2, 0.25) is 0 Å². The van der Waals surface area contributed by atoms with Crippen molar-refractivity contribution >= 4 is 15.7 Å². The molecule has 0 radical (unpaired) electrons. The van der Waals surface area contributed by atoms with Gasteiger partial charge in [0.25, 0.3) is 0 Å². The lowest BCUT2D eigenvalue weighted by Gasteiger charge is -2.01. The number of carbonyl (C=O) groups is 1. The normalized spacial score (nSPS) is 14.9. The summed E-state index contributed by atoms with van der Waals surface area (Å²) >= 11 is 0. The summed E-state index contributed by atoms with van der Waals surface area (Å²) < 4.78 is 20.9. The molecule has 2 N–H and O–H groups in total. The van der Waals surface area contributed by atoms with Gasteiger partial charge in [-0.2, -0.15) is 0 Å². The van der Waals surface area contributed by atoms with Crippen LogP contribution in [-0.4, -0.2) is 25.8 Å². The number of hydrogen-bond acceptors (Lipinski definition) is 3. The van der Waals surface area contributed by atoms with Gasteiger partial charge >= 0.3 is 0 Å². The van der Waals surface area contributed by atoms with E-state index >= 15 is 0 Å². The van der Waals surface area contributed by atoms with Gasteiger partial charge in [-0.05, 0) is 6.92 Å². The number of hydrogen-bond donors (Lipinski definition) is 1. The van der Waals surface area contributed by atoms with Crippen LogP contribution < -0.4 is 5.73 Å². The van der Waals surface area contributed by atoms with Crippen molar-refractivity contribution in [1.82, 2.24) is 0 Å². The van der Waals surface area contributed by atoms with Crippen LogP contribution in [0.4, 0.5) is 0 Å². The number of amides is 1. The van der Waals surface area contributed by atoms with Crippen LogP contribution in [0.5, 0.6) is 0 Å². The molecular weight excluding hydrogens is 142 g/mol. The fourth-order valence-corrected chi connectivity index (χ4v) is 0.633. The van der Waals surface area contributed by atoms with E-state index in [9.17, 15) is 13.2 Å². The van der Waals surface area contributed by atoms with E-state index in [0.717, 1.165) is 6.26 Å². The molecule has 1 amide bonds. The summed E-state index contributed by atoms with van der Waals surface area (Å²) in [5.74, 6) is -0.808. The molecule has 0 rings (SSSR count). The van der Waals surface area contributed by atoms with Crippen LogP contribution in [-0.2, 0) is 14.6 Å².